The van der Waals surface area contributed by atoms with Crippen LogP contribution in [0, 0.1) is 0 Å². The first-order chi connectivity index (χ1) is 26.2. The summed E-state index contributed by atoms with van der Waals surface area (Å²) in [6.07, 6.45) is -12.6. The third-order valence-electron chi connectivity index (χ3n) is 8.66. The number of fused-ring (bicyclic) bond motifs is 1. The number of alkyl carbamates (subject to hydrolysis) is 1. The van der Waals surface area contributed by atoms with Crippen molar-refractivity contribution in [1.29, 1.82) is 0 Å². The first-order valence-corrected chi connectivity index (χ1v) is 17.7. The quantitative estimate of drug-likeness (QED) is 0.230. The van der Waals surface area contributed by atoms with E-state index in [0.717, 1.165) is 38.8 Å². The number of amides is 1. The largest absolute Gasteiger partial charge is 0.463 e. The van der Waals surface area contributed by atoms with Crippen LogP contribution in [0.5, 0.6) is 0 Å². The summed E-state index contributed by atoms with van der Waals surface area (Å²) in [7, 11) is 0. The lowest BCUT2D eigenvalue weighted by atomic mass is 9.94. The Morgan fingerprint density at radius 3 is 1.87 bits per heavy atom. The van der Waals surface area contributed by atoms with Gasteiger partial charge >= 0.3 is 30.0 Å². The molecule has 6 unspecified atom stereocenters. The second kappa shape index (κ2) is 18.8. The minimum atomic E-state index is -1.63. The Labute approximate surface area is 318 Å². The number of hydrogen-bond acceptors (Lipinski definition) is 16. The fourth-order valence-electron chi connectivity index (χ4n) is 6.39. The van der Waals surface area contributed by atoms with Crippen LogP contribution in [0.25, 0.3) is 0 Å². The normalized spacial score (nSPS) is 29.8. The predicted molar refractivity (Wildman–Crippen MR) is 185 cm³/mol. The molecule has 0 aliphatic carbocycles. The van der Waals surface area contributed by atoms with Gasteiger partial charge in [-0.1, -0.05) is 60.7 Å². The molecule has 1 amide bonds. The highest BCUT2D eigenvalue weighted by Gasteiger charge is 2.58. The smallest absolute Gasteiger partial charge is 0.407 e. The second-order valence-corrected chi connectivity index (χ2v) is 13.5. The number of carbonyl (C=O) groups excluding carboxylic acids is 5. The Hall–Kier alpha value is -4.65. The average molecular weight is 774 g/mol. The standard InChI is InChI=1S/C38H47NO16/c1-21(40)45-19-27-30(49-22(2)41)33(50-23(3)42)34(51-24(4)43)36(53-27)54-32-29(39-37(44)47-18-26-15-11-8-12-16-26)35(46-17-25-13-9-7-10-14-25)52-28-20-48-38(5,6)55-31(28)32/h7-16,27-36H,17-20H2,1-6H3,(H,39,44)/t27?,28?,29?,30-,31+,32?,33?,34?,35-,36-/m0/s1. The van der Waals surface area contributed by atoms with Crippen LogP contribution >= 0.6 is 0 Å². The van der Waals surface area contributed by atoms with Gasteiger partial charge in [-0.15, -0.1) is 0 Å². The van der Waals surface area contributed by atoms with Crippen LogP contribution in [0.2, 0.25) is 0 Å². The molecule has 3 heterocycles. The third kappa shape index (κ3) is 11.7. The van der Waals surface area contributed by atoms with Crippen molar-refractivity contribution in [3.8, 4) is 0 Å². The molecule has 17 nitrogen and oxygen atoms in total. The summed E-state index contributed by atoms with van der Waals surface area (Å²) in [6, 6.07) is 17.1. The maximum atomic E-state index is 13.5. The minimum Gasteiger partial charge on any atom is -0.463 e. The summed E-state index contributed by atoms with van der Waals surface area (Å²) in [6.45, 7) is 7.40. The van der Waals surface area contributed by atoms with Crippen molar-refractivity contribution in [2.75, 3.05) is 13.2 Å². The molecule has 300 valence electrons. The first-order valence-electron chi connectivity index (χ1n) is 17.7. The Bertz CT molecular complexity index is 1620. The molecule has 5 rings (SSSR count). The van der Waals surface area contributed by atoms with Crippen LogP contribution in [-0.2, 0) is 84.5 Å². The summed E-state index contributed by atoms with van der Waals surface area (Å²) >= 11 is 0. The number of nitrogens with one attached hydrogen (secondary N) is 1. The molecule has 17 heteroatoms. The van der Waals surface area contributed by atoms with Crippen LogP contribution in [0.15, 0.2) is 60.7 Å². The summed E-state index contributed by atoms with van der Waals surface area (Å²) in [5, 5.41) is 2.82. The van der Waals surface area contributed by atoms with E-state index >= 15 is 0 Å². The van der Waals surface area contributed by atoms with Crippen molar-refractivity contribution >= 4 is 30.0 Å². The monoisotopic (exact) mass is 773 g/mol. The SMILES string of the molecule is CC(=O)OCC1O[C@@H](OC2C(NC(=O)OCc3ccccc3)[C@@H](OCc3ccccc3)OC3COC(C)(C)O[C@H]32)C(OC(C)=O)C(OC(C)=O)[C@H]1OC(C)=O. The molecule has 0 bridgehead atoms. The Morgan fingerprint density at radius 1 is 0.691 bits per heavy atom. The van der Waals surface area contributed by atoms with E-state index < -0.39 is 104 Å². The number of rotatable bonds is 13. The summed E-state index contributed by atoms with van der Waals surface area (Å²) in [5.74, 6) is -4.28. The first kappa shape index (κ1) is 41.5. The number of esters is 4. The topological polar surface area (TPSA) is 199 Å². The highest BCUT2D eigenvalue weighted by Crippen LogP contribution is 2.38. The average Bonchev–Trinajstić information content (AvgIpc) is 3.12. The fourth-order valence-corrected chi connectivity index (χ4v) is 6.39. The van der Waals surface area contributed by atoms with E-state index in [0.29, 0.717) is 0 Å². The van der Waals surface area contributed by atoms with Gasteiger partial charge < -0.3 is 57.4 Å². The second-order valence-electron chi connectivity index (χ2n) is 13.5. The van der Waals surface area contributed by atoms with E-state index in [4.69, 9.17) is 52.1 Å². The molecule has 3 aliphatic rings. The van der Waals surface area contributed by atoms with Gasteiger partial charge in [0, 0.05) is 27.7 Å². The van der Waals surface area contributed by atoms with Gasteiger partial charge in [0.25, 0.3) is 0 Å². The third-order valence-corrected chi connectivity index (χ3v) is 8.66. The van der Waals surface area contributed by atoms with E-state index in [1.54, 1.807) is 38.1 Å². The van der Waals surface area contributed by atoms with Crippen molar-refractivity contribution in [2.45, 2.75) is 122 Å². The molecule has 10 atom stereocenters. The van der Waals surface area contributed by atoms with Gasteiger partial charge in [0.2, 0.25) is 0 Å². The van der Waals surface area contributed by atoms with E-state index in [9.17, 15) is 24.0 Å². The maximum Gasteiger partial charge on any atom is 0.407 e. The predicted octanol–water partition coefficient (Wildman–Crippen LogP) is 2.84. The number of ether oxygens (including phenoxy) is 11. The zero-order valence-electron chi connectivity index (χ0n) is 31.4. The fraction of sp³-hybridized carbons (Fsp3) is 0.553. The van der Waals surface area contributed by atoms with Gasteiger partial charge in [-0.3, -0.25) is 19.2 Å². The zero-order chi connectivity index (χ0) is 39.7. The molecule has 0 saturated carbocycles. The van der Waals surface area contributed by atoms with Crippen LogP contribution in [0.1, 0.15) is 52.7 Å². The summed E-state index contributed by atoms with van der Waals surface area (Å²) < 4.78 is 65.5. The van der Waals surface area contributed by atoms with Gasteiger partial charge in [0.15, 0.2) is 36.7 Å². The molecule has 0 aromatic heterocycles. The van der Waals surface area contributed by atoms with Crippen molar-refractivity contribution in [1.82, 2.24) is 5.32 Å². The van der Waals surface area contributed by atoms with E-state index in [1.807, 2.05) is 36.4 Å². The van der Waals surface area contributed by atoms with Crippen LogP contribution in [0.4, 0.5) is 4.79 Å². The van der Waals surface area contributed by atoms with Crippen LogP contribution in [-0.4, -0.2) is 110 Å². The molecule has 3 aliphatic heterocycles. The van der Waals surface area contributed by atoms with Gasteiger partial charge in [-0.2, -0.15) is 0 Å². The van der Waals surface area contributed by atoms with Crippen molar-refractivity contribution < 1.29 is 76.1 Å². The Morgan fingerprint density at radius 2 is 1.27 bits per heavy atom. The van der Waals surface area contributed by atoms with E-state index in [2.05, 4.69) is 5.32 Å². The zero-order valence-corrected chi connectivity index (χ0v) is 31.4. The molecule has 1 N–H and O–H groups in total. The van der Waals surface area contributed by atoms with Crippen molar-refractivity contribution in [3.05, 3.63) is 71.8 Å². The van der Waals surface area contributed by atoms with Gasteiger partial charge in [-0.25, -0.2) is 4.79 Å². The molecule has 3 fully saturated rings. The lowest BCUT2D eigenvalue weighted by Gasteiger charge is -2.52. The van der Waals surface area contributed by atoms with Crippen molar-refractivity contribution in [3.63, 3.8) is 0 Å². The lowest BCUT2D eigenvalue weighted by molar-refractivity contribution is -0.394. The minimum absolute atomic E-state index is 0.0203. The maximum absolute atomic E-state index is 13.5. The van der Waals surface area contributed by atoms with Crippen molar-refractivity contribution in [2.24, 2.45) is 0 Å². The van der Waals surface area contributed by atoms with Gasteiger partial charge in [-0.05, 0) is 25.0 Å². The van der Waals surface area contributed by atoms with E-state index in [1.165, 1.54) is 0 Å². The van der Waals surface area contributed by atoms with Gasteiger partial charge in [0.1, 0.15) is 43.7 Å². The summed E-state index contributed by atoms with van der Waals surface area (Å²) in [4.78, 5) is 62.8. The highest BCUT2D eigenvalue weighted by atomic mass is 16.8. The van der Waals surface area contributed by atoms with E-state index in [-0.39, 0.29) is 19.8 Å². The van der Waals surface area contributed by atoms with Gasteiger partial charge in [0.05, 0.1) is 13.2 Å². The highest BCUT2D eigenvalue weighted by molar-refractivity contribution is 5.69. The number of hydrogen-bond donors (Lipinski definition) is 1. The Kier molecular flexibility index (Phi) is 14.2. The number of carbonyl (C=O) groups is 5. The molecule has 2 aromatic rings. The molecule has 0 spiro atoms. The lowest BCUT2D eigenvalue weighted by Crippen LogP contribution is -2.71. The Balaban J connectivity index is 1.54. The molecule has 0 radical (unpaired) electrons. The summed E-state index contributed by atoms with van der Waals surface area (Å²) in [5.41, 5.74) is 1.53. The molecule has 55 heavy (non-hydrogen) atoms. The molecular formula is C38H47NO16. The van der Waals surface area contributed by atoms with Crippen LogP contribution < -0.4 is 5.32 Å². The molecule has 3 saturated heterocycles. The molecule has 2 aromatic carbocycles. The molecular weight excluding hydrogens is 726 g/mol. The number of benzene rings is 2. The van der Waals surface area contributed by atoms with Crippen LogP contribution in [0.3, 0.4) is 0 Å².